The van der Waals surface area contributed by atoms with Gasteiger partial charge in [0.25, 0.3) is 0 Å². The number of nitrogens with zero attached hydrogens (tertiary/aromatic N) is 3. The van der Waals surface area contributed by atoms with Gasteiger partial charge in [0.05, 0.1) is 34.2 Å². The van der Waals surface area contributed by atoms with E-state index in [9.17, 15) is 4.79 Å². The fourth-order valence-corrected chi connectivity index (χ4v) is 5.16. The molecule has 2 aromatic heterocycles. The van der Waals surface area contributed by atoms with Crippen LogP contribution in [-0.4, -0.2) is 27.1 Å². The molecule has 0 fully saturated rings. The molecule has 5 nitrogen and oxygen atoms in total. The number of carbonyl (C=O) groups excluding carboxylic acids is 1. The number of benzene rings is 4. The van der Waals surface area contributed by atoms with Crippen LogP contribution in [0.25, 0.3) is 55.4 Å². The maximum Gasteiger partial charge on any atom is 0.338 e. The number of ether oxygens (including phenoxy) is 1. The van der Waals surface area contributed by atoms with Gasteiger partial charge in [-0.2, -0.15) is 0 Å². The molecule has 0 N–H and O–H groups in total. The Kier molecular flexibility index (Phi) is 5.53. The third kappa shape index (κ3) is 3.74. The number of aromatic nitrogens is 3. The molecule has 6 heteroatoms. The number of aryl methyl sites for hydroxylation is 1. The van der Waals surface area contributed by atoms with E-state index in [4.69, 9.17) is 14.7 Å². The predicted molar refractivity (Wildman–Crippen MR) is 150 cm³/mol. The van der Waals surface area contributed by atoms with E-state index in [0.717, 1.165) is 59.3 Å². The van der Waals surface area contributed by atoms with E-state index in [0.29, 0.717) is 5.57 Å². The summed E-state index contributed by atoms with van der Waals surface area (Å²) in [5.74, 6) is -0.375. The molecule has 0 aliphatic rings. The highest BCUT2D eigenvalue weighted by Gasteiger charge is 2.20. The van der Waals surface area contributed by atoms with E-state index in [1.165, 1.54) is 0 Å². The smallest absolute Gasteiger partial charge is 0.338 e. The Balaban J connectivity index is 1.70. The maximum absolute atomic E-state index is 13.4. The van der Waals surface area contributed by atoms with Crippen LogP contribution in [0.3, 0.4) is 0 Å². The quantitative estimate of drug-likeness (QED) is 0.103. The Morgan fingerprint density at radius 1 is 0.917 bits per heavy atom. The van der Waals surface area contributed by atoms with Crippen molar-refractivity contribution in [2.45, 2.75) is 6.92 Å². The lowest BCUT2D eigenvalue weighted by molar-refractivity contribution is -0.136. The second kappa shape index (κ2) is 8.88. The summed E-state index contributed by atoms with van der Waals surface area (Å²) in [4.78, 5) is 23.3. The lowest BCUT2D eigenvalue weighted by Crippen LogP contribution is -2.08. The van der Waals surface area contributed by atoms with Crippen molar-refractivity contribution >= 4 is 77.3 Å². The van der Waals surface area contributed by atoms with Crippen LogP contribution in [0.1, 0.15) is 18.1 Å². The number of hydrogen-bond acceptors (Lipinski definition) is 4. The average molecular weight is 536 g/mol. The third-order valence-corrected chi connectivity index (χ3v) is 6.91. The SMILES string of the molecule is CCOC(=O)/C(=C\c1cn(C)c2ccccc12)c1cc2nc3ccccc3nc2c2ccc(Br)cc12. The summed E-state index contributed by atoms with van der Waals surface area (Å²) < 4.78 is 8.53. The largest absolute Gasteiger partial charge is 0.462 e. The van der Waals surface area contributed by atoms with Gasteiger partial charge < -0.3 is 9.30 Å². The van der Waals surface area contributed by atoms with Gasteiger partial charge in [0.15, 0.2) is 0 Å². The van der Waals surface area contributed by atoms with Crippen LogP contribution in [0.2, 0.25) is 0 Å². The van der Waals surface area contributed by atoms with E-state index in [1.54, 1.807) is 0 Å². The van der Waals surface area contributed by atoms with E-state index in [2.05, 4.69) is 32.6 Å². The van der Waals surface area contributed by atoms with Gasteiger partial charge in [-0.15, -0.1) is 0 Å². The maximum atomic E-state index is 13.4. The molecule has 4 aromatic carbocycles. The second-order valence-electron chi connectivity index (χ2n) is 8.69. The number of halogens is 1. The molecule has 0 spiro atoms. The number of rotatable bonds is 4. The molecule has 176 valence electrons. The molecule has 0 amide bonds. The first-order valence-corrected chi connectivity index (χ1v) is 12.5. The van der Waals surface area contributed by atoms with Gasteiger partial charge in [-0.05, 0) is 60.3 Å². The first kappa shape index (κ1) is 22.4. The van der Waals surface area contributed by atoms with E-state index < -0.39 is 0 Å². The summed E-state index contributed by atoms with van der Waals surface area (Å²) in [6.07, 6.45) is 3.96. The van der Waals surface area contributed by atoms with E-state index in [1.807, 2.05) is 86.9 Å². The number of esters is 1. The van der Waals surface area contributed by atoms with Gasteiger partial charge >= 0.3 is 5.97 Å². The van der Waals surface area contributed by atoms with Gasteiger partial charge in [0.2, 0.25) is 0 Å². The standard InChI is InChI=1S/C30H22BrN3O2/c1-3-36-30(35)24(14-18-17-34(2)28-11-7-4-8-20(18)28)23-16-27-29(21-13-12-19(31)15-22(21)23)33-26-10-6-5-9-25(26)32-27/h4-17H,3H2,1-2H3/b24-14-. The van der Waals surface area contributed by atoms with Crippen LogP contribution in [0.15, 0.2) is 83.5 Å². The predicted octanol–water partition coefficient (Wildman–Crippen LogP) is 7.29. The van der Waals surface area contributed by atoms with Crippen LogP contribution in [-0.2, 0) is 16.6 Å². The average Bonchev–Trinajstić information content (AvgIpc) is 3.21. The summed E-state index contributed by atoms with van der Waals surface area (Å²) in [7, 11) is 2.01. The Labute approximate surface area is 216 Å². The Morgan fingerprint density at radius 3 is 2.47 bits per heavy atom. The minimum absolute atomic E-state index is 0.283. The molecule has 0 aliphatic carbocycles. The highest BCUT2D eigenvalue weighted by Crippen LogP contribution is 2.36. The molecule has 0 radical (unpaired) electrons. The molecule has 6 aromatic rings. The van der Waals surface area contributed by atoms with Crippen molar-refractivity contribution in [3.8, 4) is 0 Å². The van der Waals surface area contributed by atoms with Crippen molar-refractivity contribution in [1.29, 1.82) is 0 Å². The highest BCUT2D eigenvalue weighted by molar-refractivity contribution is 9.10. The fraction of sp³-hybridized carbons (Fsp3) is 0.100. The van der Waals surface area contributed by atoms with Gasteiger partial charge in [-0.25, -0.2) is 14.8 Å². The summed E-state index contributed by atoms with van der Waals surface area (Å²) in [6.45, 7) is 2.10. The van der Waals surface area contributed by atoms with Crippen LogP contribution in [0.4, 0.5) is 0 Å². The zero-order valence-corrected chi connectivity index (χ0v) is 21.4. The van der Waals surface area contributed by atoms with Gasteiger partial charge in [-0.3, -0.25) is 0 Å². The number of para-hydroxylation sites is 3. The Morgan fingerprint density at radius 2 is 1.67 bits per heavy atom. The molecular formula is C30H22BrN3O2. The topological polar surface area (TPSA) is 57.0 Å². The van der Waals surface area contributed by atoms with E-state index >= 15 is 0 Å². The molecule has 0 saturated heterocycles. The lowest BCUT2D eigenvalue weighted by atomic mass is 9.95. The number of carbonyl (C=O) groups is 1. The molecule has 0 aliphatic heterocycles. The molecule has 0 bridgehead atoms. The zero-order valence-electron chi connectivity index (χ0n) is 19.8. The fourth-order valence-electron chi connectivity index (χ4n) is 4.79. The first-order valence-electron chi connectivity index (χ1n) is 11.8. The van der Waals surface area contributed by atoms with Crippen molar-refractivity contribution < 1.29 is 9.53 Å². The third-order valence-electron chi connectivity index (χ3n) is 6.42. The van der Waals surface area contributed by atoms with Crippen molar-refractivity contribution in [2.24, 2.45) is 7.05 Å². The summed E-state index contributed by atoms with van der Waals surface area (Å²) in [6, 6.07) is 24.0. The van der Waals surface area contributed by atoms with Crippen molar-refractivity contribution in [3.63, 3.8) is 0 Å². The molecule has 0 saturated carbocycles. The summed E-state index contributed by atoms with van der Waals surface area (Å²) >= 11 is 3.62. The Bertz CT molecular complexity index is 1850. The summed E-state index contributed by atoms with van der Waals surface area (Å²) in [5, 5.41) is 2.90. The minimum Gasteiger partial charge on any atom is -0.462 e. The Hall–Kier alpha value is -4.03. The van der Waals surface area contributed by atoms with Crippen LogP contribution in [0, 0.1) is 0 Å². The lowest BCUT2D eigenvalue weighted by Gasteiger charge is -2.14. The van der Waals surface area contributed by atoms with Crippen molar-refractivity contribution in [2.75, 3.05) is 6.61 Å². The number of fused-ring (bicyclic) bond motifs is 5. The van der Waals surface area contributed by atoms with Crippen LogP contribution < -0.4 is 0 Å². The molecule has 0 unspecified atom stereocenters. The van der Waals surface area contributed by atoms with Gasteiger partial charge in [-0.1, -0.05) is 52.3 Å². The van der Waals surface area contributed by atoms with Crippen molar-refractivity contribution in [1.82, 2.24) is 14.5 Å². The summed E-state index contributed by atoms with van der Waals surface area (Å²) in [5.41, 5.74) is 6.45. The highest BCUT2D eigenvalue weighted by atomic mass is 79.9. The monoisotopic (exact) mass is 535 g/mol. The number of hydrogen-bond donors (Lipinski definition) is 0. The molecule has 0 atom stereocenters. The first-order chi connectivity index (χ1) is 17.5. The molecule has 2 heterocycles. The van der Waals surface area contributed by atoms with Crippen molar-refractivity contribution in [3.05, 3.63) is 94.6 Å². The minimum atomic E-state index is -0.375. The van der Waals surface area contributed by atoms with Crippen LogP contribution >= 0.6 is 15.9 Å². The normalized spacial score (nSPS) is 12.1. The molecule has 6 rings (SSSR count). The van der Waals surface area contributed by atoms with Gasteiger partial charge in [0, 0.05) is 39.6 Å². The van der Waals surface area contributed by atoms with Crippen LogP contribution in [0.5, 0.6) is 0 Å². The van der Waals surface area contributed by atoms with E-state index in [-0.39, 0.29) is 12.6 Å². The molecule has 36 heavy (non-hydrogen) atoms. The zero-order chi connectivity index (χ0) is 24.8. The molecular weight excluding hydrogens is 514 g/mol. The second-order valence-corrected chi connectivity index (χ2v) is 9.60. The van der Waals surface area contributed by atoms with Gasteiger partial charge in [0.1, 0.15) is 0 Å².